The number of carbonyl (C=O) groups excluding carboxylic acids is 2. The topological polar surface area (TPSA) is 89.0 Å². The van der Waals surface area contributed by atoms with Crippen molar-refractivity contribution < 1.29 is 19.1 Å². The van der Waals surface area contributed by atoms with Crippen LogP contribution in [0.4, 0.5) is 0 Å². The first kappa shape index (κ1) is 29.3. The van der Waals surface area contributed by atoms with Gasteiger partial charge in [-0.1, -0.05) is 92.0 Å². The van der Waals surface area contributed by atoms with Crippen LogP contribution in [0.1, 0.15) is 43.4 Å². The average Bonchev–Trinajstić information content (AvgIpc) is 2.92. The first-order valence-corrected chi connectivity index (χ1v) is 13.0. The van der Waals surface area contributed by atoms with Gasteiger partial charge in [-0.25, -0.2) is 5.43 Å². The van der Waals surface area contributed by atoms with Crippen LogP contribution in [0.2, 0.25) is 5.02 Å². The number of carbonyl (C=O) groups is 2. The molecule has 0 saturated heterocycles. The Morgan fingerprint density at radius 3 is 2.15 bits per heavy atom. The van der Waals surface area contributed by atoms with E-state index >= 15 is 0 Å². The molecule has 2 N–H and O–H groups in total. The van der Waals surface area contributed by atoms with E-state index in [4.69, 9.17) is 27.5 Å². The van der Waals surface area contributed by atoms with Crippen LogP contribution in [0.5, 0.6) is 11.5 Å². The van der Waals surface area contributed by atoms with E-state index in [0.717, 1.165) is 11.1 Å². The van der Waals surface area contributed by atoms with E-state index in [1.165, 1.54) is 6.21 Å². The van der Waals surface area contributed by atoms with Crippen molar-refractivity contribution in [3.63, 3.8) is 0 Å². The van der Waals surface area contributed by atoms with Crippen molar-refractivity contribution in [2.24, 2.45) is 11.0 Å². The van der Waals surface area contributed by atoms with E-state index in [0.29, 0.717) is 28.7 Å². The molecule has 8 heteroatoms. The van der Waals surface area contributed by atoms with Gasteiger partial charge in [-0.05, 0) is 41.7 Å². The van der Waals surface area contributed by atoms with Crippen LogP contribution in [0.3, 0.4) is 0 Å². The SMILES string of the molecule is C#CCOc1c(Cl)cc(/C=N\NC(=O)[C@@H](NC(=O)C(c2ccccc2)c2ccccc2)C(C)C)cc1OCC. The lowest BCUT2D eigenvalue weighted by Gasteiger charge is -2.24. The summed E-state index contributed by atoms with van der Waals surface area (Å²) in [7, 11) is 0. The van der Waals surface area contributed by atoms with Crippen molar-refractivity contribution in [3.05, 3.63) is 94.5 Å². The minimum atomic E-state index is -0.813. The molecule has 0 unspecified atom stereocenters. The monoisotopic (exact) mass is 545 g/mol. The fraction of sp³-hybridized carbons (Fsp3) is 0.258. The van der Waals surface area contributed by atoms with E-state index in [2.05, 4.69) is 21.8 Å². The number of nitrogens with one attached hydrogen (secondary N) is 2. The molecule has 0 aliphatic carbocycles. The number of amides is 2. The molecule has 0 fully saturated rings. The van der Waals surface area contributed by atoms with Crippen molar-refractivity contribution in [3.8, 4) is 23.8 Å². The van der Waals surface area contributed by atoms with Crippen molar-refractivity contribution in [2.45, 2.75) is 32.7 Å². The summed E-state index contributed by atoms with van der Waals surface area (Å²) < 4.78 is 11.1. The van der Waals surface area contributed by atoms with Gasteiger partial charge in [0.15, 0.2) is 11.5 Å². The highest BCUT2D eigenvalue weighted by Crippen LogP contribution is 2.36. The van der Waals surface area contributed by atoms with Crippen molar-refractivity contribution in [1.82, 2.24) is 10.7 Å². The van der Waals surface area contributed by atoms with Crippen LogP contribution in [-0.2, 0) is 9.59 Å². The molecule has 0 radical (unpaired) electrons. The third-order valence-electron chi connectivity index (χ3n) is 5.79. The Balaban J connectivity index is 1.76. The number of hydrogen-bond acceptors (Lipinski definition) is 5. The second-order valence-corrected chi connectivity index (χ2v) is 9.38. The van der Waals surface area contributed by atoms with Crippen LogP contribution >= 0.6 is 11.6 Å². The summed E-state index contributed by atoms with van der Waals surface area (Å²) in [5, 5.41) is 7.31. The molecule has 39 heavy (non-hydrogen) atoms. The van der Waals surface area contributed by atoms with Gasteiger partial charge in [0, 0.05) is 0 Å². The zero-order valence-electron chi connectivity index (χ0n) is 22.2. The molecular formula is C31H32ClN3O4. The quantitative estimate of drug-likeness (QED) is 0.187. The average molecular weight is 546 g/mol. The second kappa shape index (κ2) is 14.6. The van der Waals surface area contributed by atoms with Crippen LogP contribution < -0.4 is 20.2 Å². The van der Waals surface area contributed by atoms with Gasteiger partial charge < -0.3 is 14.8 Å². The molecule has 202 valence electrons. The van der Waals surface area contributed by atoms with Crippen molar-refractivity contribution >= 4 is 29.6 Å². The number of hydrazone groups is 1. The summed E-state index contributed by atoms with van der Waals surface area (Å²) in [6.07, 6.45) is 6.72. The second-order valence-electron chi connectivity index (χ2n) is 8.97. The van der Waals surface area contributed by atoms with Gasteiger partial charge in [0.05, 0.1) is 23.8 Å². The van der Waals surface area contributed by atoms with E-state index in [1.54, 1.807) is 12.1 Å². The minimum Gasteiger partial charge on any atom is -0.490 e. The zero-order valence-corrected chi connectivity index (χ0v) is 22.9. The normalized spacial score (nSPS) is 11.7. The maximum absolute atomic E-state index is 13.5. The molecule has 0 aliphatic heterocycles. The maximum Gasteiger partial charge on any atom is 0.262 e. The van der Waals surface area contributed by atoms with Gasteiger partial charge in [-0.3, -0.25) is 9.59 Å². The number of halogens is 1. The number of benzene rings is 3. The third-order valence-corrected chi connectivity index (χ3v) is 6.08. The summed E-state index contributed by atoms with van der Waals surface area (Å²) in [6.45, 7) is 5.98. The molecule has 0 bridgehead atoms. The lowest BCUT2D eigenvalue weighted by atomic mass is 9.89. The number of rotatable bonds is 12. The van der Waals surface area contributed by atoms with Gasteiger partial charge in [-0.15, -0.1) is 6.42 Å². The smallest absolute Gasteiger partial charge is 0.262 e. The Morgan fingerprint density at radius 1 is 1.00 bits per heavy atom. The summed E-state index contributed by atoms with van der Waals surface area (Å²) in [5.74, 6) is 1.66. The first-order valence-electron chi connectivity index (χ1n) is 12.6. The number of hydrogen-bond donors (Lipinski definition) is 2. The predicted octanol–water partition coefficient (Wildman–Crippen LogP) is 5.17. The Morgan fingerprint density at radius 2 is 1.62 bits per heavy atom. The summed E-state index contributed by atoms with van der Waals surface area (Å²) in [5.41, 5.74) is 4.77. The standard InChI is InChI=1S/C31H32ClN3O4/c1-5-17-39-29-25(32)18-22(19-26(29)38-6-2)20-33-35-31(37)28(21(3)4)34-30(36)27(23-13-9-7-10-14-23)24-15-11-8-12-16-24/h1,7-16,18-21,27-28H,6,17H2,2-4H3,(H,34,36)(H,35,37)/b33-20-/t28-/m0/s1. The largest absolute Gasteiger partial charge is 0.490 e. The summed E-state index contributed by atoms with van der Waals surface area (Å²) in [6, 6.07) is 21.4. The Hall–Kier alpha value is -4.28. The van der Waals surface area contributed by atoms with E-state index in [1.807, 2.05) is 81.4 Å². The van der Waals surface area contributed by atoms with Gasteiger partial charge in [0.1, 0.15) is 12.6 Å². The molecule has 2 amide bonds. The van der Waals surface area contributed by atoms with Gasteiger partial charge in [0.2, 0.25) is 5.91 Å². The van der Waals surface area contributed by atoms with E-state index in [-0.39, 0.29) is 18.4 Å². The molecule has 3 aromatic carbocycles. The third kappa shape index (κ3) is 8.10. The van der Waals surface area contributed by atoms with Crippen LogP contribution in [-0.4, -0.2) is 37.3 Å². The van der Waals surface area contributed by atoms with E-state index in [9.17, 15) is 9.59 Å². The zero-order chi connectivity index (χ0) is 28.2. The molecule has 3 rings (SSSR count). The van der Waals surface area contributed by atoms with Crippen LogP contribution in [0.15, 0.2) is 77.9 Å². The van der Waals surface area contributed by atoms with Crippen LogP contribution in [0.25, 0.3) is 0 Å². The summed E-state index contributed by atoms with van der Waals surface area (Å²) >= 11 is 6.36. The Kier molecular flexibility index (Phi) is 11.0. The molecule has 0 saturated carbocycles. The highest BCUT2D eigenvalue weighted by atomic mass is 35.5. The molecular weight excluding hydrogens is 514 g/mol. The summed E-state index contributed by atoms with van der Waals surface area (Å²) in [4.78, 5) is 26.6. The van der Waals surface area contributed by atoms with Crippen molar-refractivity contribution in [1.29, 1.82) is 0 Å². The highest BCUT2D eigenvalue weighted by molar-refractivity contribution is 6.32. The fourth-order valence-corrected chi connectivity index (χ4v) is 4.25. The number of terminal acetylenes is 1. The highest BCUT2D eigenvalue weighted by Gasteiger charge is 2.29. The Bertz CT molecular complexity index is 1280. The number of nitrogens with zero attached hydrogens (tertiary/aromatic N) is 1. The van der Waals surface area contributed by atoms with Crippen molar-refractivity contribution in [2.75, 3.05) is 13.2 Å². The Labute approximate surface area is 234 Å². The fourth-order valence-electron chi connectivity index (χ4n) is 3.98. The van der Waals surface area contributed by atoms with Gasteiger partial charge >= 0.3 is 0 Å². The number of ether oxygens (including phenoxy) is 2. The molecule has 0 heterocycles. The van der Waals surface area contributed by atoms with Gasteiger partial charge in [0.25, 0.3) is 5.91 Å². The predicted molar refractivity (Wildman–Crippen MR) is 154 cm³/mol. The minimum absolute atomic E-state index is 0.0427. The molecule has 0 aliphatic rings. The lowest BCUT2D eigenvalue weighted by molar-refractivity contribution is -0.130. The molecule has 7 nitrogen and oxygen atoms in total. The molecule has 3 aromatic rings. The molecule has 0 aromatic heterocycles. The molecule has 1 atom stereocenters. The first-order chi connectivity index (χ1) is 18.8. The lowest BCUT2D eigenvalue weighted by Crippen LogP contribution is -2.50. The van der Waals surface area contributed by atoms with Gasteiger partial charge in [-0.2, -0.15) is 5.10 Å². The maximum atomic E-state index is 13.5. The van der Waals surface area contributed by atoms with Crippen LogP contribution in [0, 0.1) is 18.3 Å². The molecule has 0 spiro atoms. The van der Waals surface area contributed by atoms with E-state index < -0.39 is 17.9 Å².